The zero-order valence-electron chi connectivity index (χ0n) is 11.1. The standard InChI is InChI=1S/C15H12I2N2O2/c1-9-13(16)6-10(7-14(9)17)8-18-19-12-4-2-11(3-5-12)15(20)21/h2-8,19H,1H3,(H,20,21)/b18-8+. The third kappa shape index (κ3) is 4.40. The highest BCUT2D eigenvalue weighted by Gasteiger charge is 2.02. The van der Waals surface area contributed by atoms with E-state index in [4.69, 9.17) is 5.11 Å². The molecule has 0 aliphatic rings. The van der Waals surface area contributed by atoms with Gasteiger partial charge in [-0.3, -0.25) is 5.43 Å². The third-order valence-electron chi connectivity index (χ3n) is 2.84. The van der Waals surface area contributed by atoms with Crippen LogP contribution in [-0.4, -0.2) is 17.3 Å². The molecule has 0 fully saturated rings. The van der Waals surface area contributed by atoms with Crippen LogP contribution < -0.4 is 5.43 Å². The second-order valence-corrected chi connectivity index (χ2v) is 6.69. The van der Waals surface area contributed by atoms with Gasteiger partial charge in [-0.25, -0.2) is 4.79 Å². The molecule has 0 saturated carbocycles. The lowest BCUT2D eigenvalue weighted by Crippen LogP contribution is -1.97. The van der Waals surface area contributed by atoms with Crippen LogP contribution in [0.5, 0.6) is 0 Å². The Hall–Kier alpha value is -1.16. The summed E-state index contributed by atoms with van der Waals surface area (Å²) < 4.78 is 2.40. The summed E-state index contributed by atoms with van der Waals surface area (Å²) in [5.74, 6) is -0.936. The maximum absolute atomic E-state index is 10.8. The number of rotatable bonds is 4. The second kappa shape index (κ2) is 7.21. The smallest absolute Gasteiger partial charge is 0.335 e. The van der Waals surface area contributed by atoms with E-state index in [0.29, 0.717) is 0 Å². The maximum atomic E-state index is 10.8. The molecule has 6 heteroatoms. The normalized spacial score (nSPS) is 10.8. The summed E-state index contributed by atoms with van der Waals surface area (Å²) in [4.78, 5) is 10.8. The molecule has 0 aliphatic carbocycles. The van der Waals surface area contributed by atoms with Gasteiger partial charge in [-0.15, -0.1) is 0 Å². The lowest BCUT2D eigenvalue weighted by Gasteiger charge is -2.04. The lowest BCUT2D eigenvalue weighted by molar-refractivity contribution is 0.0697. The lowest BCUT2D eigenvalue weighted by atomic mass is 10.2. The van der Waals surface area contributed by atoms with Crippen LogP contribution in [0.3, 0.4) is 0 Å². The van der Waals surface area contributed by atoms with Gasteiger partial charge < -0.3 is 5.11 Å². The molecular weight excluding hydrogens is 494 g/mol. The third-order valence-corrected chi connectivity index (χ3v) is 5.08. The molecule has 0 unspecified atom stereocenters. The van der Waals surface area contributed by atoms with E-state index < -0.39 is 5.97 Å². The fourth-order valence-corrected chi connectivity index (χ4v) is 3.42. The minimum absolute atomic E-state index is 0.257. The molecule has 0 bridgehead atoms. The number of carboxylic acids is 1. The number of hydrazone groups is 1. The molecule has 108 valence electrons. The summed E-state index contributed by atoms with van der Waals surface area (Å²) in [5.41, 5.74) is 6.17. The van der Waals surface area contributed by atoms with Gasteiger partial charge in [0.25, 0.3) is 0 Å². The molecule has 21 heavy (non-hydrogen) atoms. The molecule has 2 aromatic rings. The molecule has 0 aliphatic heterocycles. The van der Waals surface area contributed by atoms with Gasteiger partial charge >= 0.3 is 5.97 Å². The Labute approximate surface area is 149 Å². The number of hydrogen-bond acceptors (Lipinski definition) is 3. The first-order valence-electron chi connectivity index (χ1n) is 6.05. The quantitative estimate of drug-likeness (QED) is 0.369. The molecule has 0 amide bonds. The van der Waals surface area contributed by atoms with Crippen molar-refractivity contribution in [2.75, 3.05) is 5.43 Å². The Morgan fingerprint density at radius 3 is 2.29 bits per heavy atom. The molecule has 0 atom stereocenters. The van der Waals surface area contributed by atoms with Crippen molar-refractivity contribution in [1.82, 2.24) is 0 Å². The fourth-order valence-electron chi connectivity index (χ4n) is 1.61. The van der Waals surface area contributed by atoms with Gasteiger partial charge in [0.05, 0.1) is 17.5 Å². The van der Waals surface area contributed by atoms with Crippen LogP contribution in [0.4, 0.5) is 5.69 Å². The molecule has 0 saturated heterocycles. The SMILES string of the molecule is Cc1c(I)cc(/C=N/Nc2ccc(C(=O)O)cc2)cc1I. The van der Waals surface area contributed by atoms with E-state index in [1.807, 2.05) is 0 Å². The molecule has 0 spiro atoms. The summed E-state index contributed by atoms with van der Waals surface area (Å²) in [6.45, 7) is 2.09. The van der Waals surface area contributed by atoms with Gasteiger partial charge in [0.2, 0.25) is 0 Å². The first-order chi connectivity index (χ1) is 9.97. The summed E-state index contributed by atoms with van der Waals surface area (Å²) in [6.07, 6.45) is 1.74. The number of carbonyl (C=O) groups is 1. The predicted octanol–water partition coefficient (Wildman–Crippen LogP) is 4.35. The maximum Gasteiger partial charge on any atom is 0.335 e. The van der Waals surface area contributed by atoms with Crippen LogP contribution in [0.1, 0.15) is 21.5 Å². The van der Waals surface area contributed by atoms with Crippen molar-refractivity contribution in [2.24, 2.45) is 5.10 Å². The van der Waals surface area contributed by atoms with E-state index in [0.717, 1.165) is 11.3 Å². The van der Waals surface area contributed by atoms with E-state index >= 15 is 0 Å². The average molecular weight is 506 g/mol. The number of benzene rings is 2. The zero-order chi connectivity index (χ0) is 15.4. The first-order valence-corrected chi connectivity index (χ1v) is 8.21. The molecule has 2 aromatic carbocycles. The largest absolute Gasteiger partial charge is 0.478 e. The Balaban J connectivity index is 2.07. The van der Waals surface area contributed by atoms with E-state index in [9.17, 15) is 4.79 Å². The van der Waals surface area contributed by atoms with Gasteiger partial charge in [-0.2, -0.15) is 5.10 Å². The number of nitrogens with zero attached hydrogens (tertiary/aromatic N) is 1. The van der Waals surface area contributed by atoms with Crippen LogP contribution in [0.2, 0.25) is 0 Å². The van der Waals surface area contributed by atoms with Crippen molar-refractivity contribution in [3.63, 3.8) is 0 Å². The molecule has 2 N–H and O–H groups in total. The number of anilines is 1. The van der Waals surface area contributed by atoms with E-state index in [2.05, 4.69) is 74.8 Å². The Morgan fingerprint density at radius 2 is 1.76 bits per heavy atom. The minimum atomic E-state index is -0.936. The summed E-state index contributed by atoms with van der Waals surface area (Å²) in [5, 5.41) is 13.0. The second-order valence-electron chi connectivity index (χ2n) is 4.36. The molecule has 0 heterocycles. The van der Waals surface area contributed by atoms with Gasteiger partial charge in [-0.1, -0.05) is 0 Å². The number of nitrogens with one attached hydrogen (secondary N) is 1. The van der Waals surface area contributed by atoms with Crippen molar-refractivity contribution < 1.29 is 9.90 Å². The van der Waals surface area contributed by atoms with Crippen LogP contribution in [-0.2, 0) is 0 Å². The summed E-state index contributed by atoms with van der Waals surface area (Å²) in [6, 6.07) is 10.6. The van der Waals surface area contributed by atoms with Gasteiger partial charge in [0, 0.05) is 7.14 Å². The minimum Gasteiger partial charge on any atom is -0.478 e. The monoisotopic (exact) mass is 506 g/mol. The predicted molar refractivity (Wildman–Crippen MR) is 101 cm³/mol. The highest BCUT2D eigenvalue weighted by Crippen LogP contribution is 2.19. The van der Waals surface area contributed by atoms with Gasteiger partial charge in [-0.05, 0) is 99.6 Å². The molecule has 2 rings (SSSR count). The van der Waals surface area contributed by atoms with Gasteiger partial charge in [0.15, 0.2) is 0 Å². The zero-order valence-corrected chi connectivity index (χ0v) is 15.4. The molecule has 0 aromatic heterocycles. The van der Waals surface area contributed by atoms with Crippen molar-refractivity contribution in [3.8, 4) is 0 Å². The first kappa shape index (κ1) is 16.2. The van der Waals surface area contributed by atoms with Crippen molar-refractivity contribution in [1.29, 1.82) is 0 Å². The topological polar surface area (TPSA) is 61.7 Å². The number of hydrogen-bond donors (Lipinski definition) is 2. The Bertz CT molecular complexity index is 674. The van der Waals surface area contributed by atoms with E-state index in [-0.39, 0.29) is 5.56 Å². The summed E-state index contributed by atoms with van der Waals surface area (Å²) in [7, 11) is 0. The van der Waals surface area contributed by atoms with E-state index in [1.54, 1.807) is 18.3 Å². The number of aromatic carboxylic acids is 1. The fraction of sp³-hybridized carbons (Fsp3) is 0.0667. The van der Waals surface area contributed by atoms with Gasteiger partial charge in [0.1, 0.15) is 0 Å². The summed E-state index contributed by atoms with van der Waals surface area (Å²) >= 11 is 4.61. The van der Waals surface area contributed by atoms with Crippen molar-refractivity contribution in [2.45, 2.75) is 6.92 Å². The number of carboxylic acid groups (broad SMARTS) is 1. The number of halogens is 2. The van der Waals surface area contributed by atoms with Crippen molar-refractivity contribution >= 4 is 63.1 Å². The Kier molecular flexibility index (Phi) is 5.57. The van der Waals surface area contributed by atoms with Crippen LogP contribution in [0.25, 0.3) is 0 Å². The average Bonchev–Trinajstić information content (AvgIpc) is 2.45. The van der Waals surface area contributed by atoms with Crippen LogP contribution in [0, 0.1) is 14.1 Å². The highest BCUT2D eigenvalue weighted by molar-refractivity contribution is 14.1. The highest BCUT2D eigenvalue weighted by atomic mass is 127. The molecule has 0 radical (unpaired) electrons. The van der Waals surface area contributed by atoms with E-state index in [1.165, 1.54) is 24.8 Å². The molecular formula is C15H12I2N2O2. The Morgan fingerprint density at radius 1 is 1.19 bits per heavy atom. The van der Waals surface area contributed by atoms with Crippen molar-refractivity contribution in [3.05, 3.63) is 60.2 Å². The molecule has 4 nitrogen and oxygen atoms in total. The van der Waals surface area contributed by atoms with Crippen LogP contribution in [0.15, 0.2) is 41.5 Å². The van der Waals surface area contributed by atoms with Crippen LogP contribution >= 0.6 is 45.2 Å².